The molecule has 2 N–H and O–H groups in total. The Morgan fingerprint density at radius 2 is 1.64 bits per heavy atom. The van der Waals surface area contributed by atoms with Crippen LogP contribution in [0.1, 0.15) is 72.1 Å². The third-order valence-electron chi connectivity index (χ3n) is 7.43. The fourth-order valence-corrected chi connectivity index (χ4v) is 5.96. The van der Waals surface area contributed by atoms with Gasteiger partial charge in [0.1, 0.15) is 0 Å². The molecular weight excluding hydrogens is 584 g/mol. The maximum atomic E-state index is 12.7. The Morgan fingerprint density at radius 3 is 2.39 bits per heavy atom. The van der Waals surface area contributed by atoms with E-state index in [2.05, 4.69) is 10.1 Å². The van der Waals surface area contributed by atoms with Gasteiger partial charge in [0.05, 0.1) is 29.9 Å². The van der Waals surface area contributed by atoms with E-state index in [0.29, 0.717) is 17.2 Å². The molecule has 2 aliphatic heterocycles. The molecule has 10 nitrogen and oxygen atoms in total. The fourth-order valence-electron chi connectivity index (χ4n) is 5.03. The monoisotopic (exact) mass is 612 g/mol. The Labute approximate surface area is 257 Å². The van der Waals surface area contributed by atoms with Crippen LogP contribution in [0.5, 0.6) is 0 Å². The second-order valence-corrected chi connectivity index (χ2v) is 11.4. The third kappa shape index (κ3) is 6.51. The molecule has 1 fully saturated rings. The van der Waals surface area contributed by atoms with Gasteiger partial charge in [-0.1, -0.05) is 60.3 Å². The van der Waals surface area contributed by atoms with Crippen molar-refractivity contribution in [3.63, 3.8) is 0 Å². The van der Waals surface area contributed by atoms with Crippen LogP contribution in [-0.2, 0) is 27.4 Å². The number of fused-ring (bicyclic) bond motifs is 1. The molecule has 0 spiro atoms. The highest BCUT2D eigenvalue weighted by atomic mass is 32.2. The molecule has 0 radical (unpaired) electrons. The highest BCUT2D eigenvalue weighted by Gasteiger charge is 2.33. The summed E-state index contributed by atoms with van der Waals surface area (Å²) in [6.45, 7) is 0.191. The lowest BCUT2D eigenvalue weighted by molar-refractivity contribution is -0.645. The van der Waals surface area contributed by atoms with Gasteiger partial charge < -0.3 is 29.8 Å². The number of aliphatic hydroxyl groups excluding tert-OH is 1. The van der Waals surface area contributed by atoms with E-state index in [0.717, 1.165) is 27.0 Å². The van der Waals surface area contributed by atoms with Gasteiger partial charge in [-0.05, 0) is 41.0 Å². The van der Waals surface area contributed by atoms with Gasteiger partial charge >= 0.3 is 11.9 Å². The highest BCUT2D eigenvalue weighted by molar-refractivity contribution is 7.99. The quantitative estimate of drug-likeness (QED) is 0.0927. The molecule has 3 unspecified atom stereocenters. The number of benzene rings is 3. The predicted molar refractivity (Wildman–Crippen MR) is 158 cm³/mol. The average Bonchev–Trinajstić information content (AvgIpc) is 3.35. The third-order valence-corrected chi connectivity index (χ3v) is 8.58. The zero-order valence-corrected chi connectivity index (χ0v) is 24.2. The van der Waals surface area contributed by atoms with E-state index < -0.39 is 24.1 Å². The molecule has 0 saturated carbocycles. The number of pyridine rings is 1. The van der Waals surface area contributed by atoms with Gasteiger partial charge in [0, 0.05) is 42.0 Å². The van der Waals surface area contributed by atoms with Crippen molar-refractivity contribution < 1.29 is 38.4 Å². The van der Waals surface area contributed by atoms with Crippen molar-refractivity contribution in [2.24, 2.45) is 0 Å². The largest absolute Gasteiger partial charge is 0.618 e. The summed E-state index contributed by atoms with van der Waals surface area (Å²) in [5, 5.41) is 25.0. The van der Waals surface area contributed by atoms with Crippen LogP contribution in [0.4, 0.5) is 0 Å². The molecule has 3 atom stereocenters. The molecule has 1 amide bonds. The van der Waals surface area contributed by atoms with Crippen molar-refractivity contribution in [1.82, 2.24) is 5.32 Å². The Balaban J connectivity index is 1.13. The number of thioether (sulfide) groups is 1. The van der Waals surface area contributed by atoms with Crippen molar-refractivity contribution >= 4 is 29.6 Å². The summed E-state index contributed by atoms with van der Waals surface area (Å²) in [6.07, 6.45) is 0.924. The highest BCUT2D eigenvalue weighted by Crippen LogP contribution is 2.39. The van der Waals surface area contributed by atoms with Crippen molar-refractivity contribution in [3.8, 4) is 0 Å². The van der Waals surface area contributed by atoms with E-state index in [1.807, 2.05) is 54.6 Å². The van der Waals surface area contributed by atoms with E-state index in [1.54, 1.807) is 12.1 Å². The van der Waals surface area contributed by atoms with Gasteiger partial charge in [0.2, 0.25) is 0 Å². The molecule has 3 heterocycles. The molecule has 0 bridgehead atoms. The summed E-state index contributed by atoms with van der Waals surface area (Å²) in [4.78, 5) is 36.2. The summed E-state index contributed by atoms with van der Waals surface area (Å²) in [5.74, 6) is -1.32. The number of ether oxygens (including phenoxy) is 3. The molecular formula is C33H28N2O8S. The number of nitrogens with zero attached hydrogens (tertiary/aromatic N) is 1. The molecule has 2 aliphatic rings. The van der Waals surface area contributed by atoms with Crippen LogP contribution in [0, 0.1) is 5.21 Å². The van der Waals surface area contributed by atoms with E-state index in [1.165, 1.54) is 36.2 Å². The number of hydrogen-bond acceptors (Lipinski definition) is 9. The minimum absolute atomic E-state index is 0.0428. The number of carbonyl (C=O) groups is 3. The van der Waals surface area contributed by atoms with Crippen molar-refractivity contribution in [1.29, 1.82) is 0 Å². The zero-order chi connectivity index (χ0) is 30.6. The summed E-state index contributed by atoms with van der Waals surface area (Å²) >= 11 is 1.43. The SMILES string of the molecule is O=C(NCc1ccc(C2OC(CSc3cccc[n+]3[O-])CC(c3ccc(CO)cc3)O2)cc1)c1ccc2c(c1)C(=O)OC2=O. The van der Waals surface area contributed by atoms with Gasteiger partial charge in [-0.2, -0.15) is 4.73 Å². The van der Waals surface area contributed by atoms with Crippen LogP contribution in [0.3, 0.4) is 0 Å². The van der Waals surface area contributed by atoms with Crippen LogP contribution < -0.4 is 10.0 Å². The first-order valence-corrected chi connectivity index (χ1v) is 15.0. The molecule has 44 heavy (non-hydrogen) atoms. The maximum absolute atomic E-state index is 12.7. The van der Waals surface area contributed by atoms with Crippen LogP contribution in [0.15, 0.2) is 96.2 Å². The van der Waals surface area contributed by atoms with Crippen LogP contribution in [-0.4, -0.2) is 34.8 Å². The van der Waals surface area contributed by atoms with Gasteiger partial charge in [-0.15, -0.1) is 0 Å². The Morgan fingerprint density at radius 1 is 0.909 bits per heavy atom. The first kappa shape index (κ1) is 29.5. The average molecular weight is 613 g/mol. The molecule has 1 aromatic heterocycles. The first-order chi connectivity index (χ1) is 21.4. The van der Waals surface area contributed by atoms with Crippen LogP contribution in [0.2, 0.25) is 0 Å². The van der Waals surface area contributed by atoms with Gasteiger partial charge in [0.25, 0.3) is 10.9 Å². The molecule has 0 aliphatic carbocycles. The zero-order valence-electron chi connectivity index (χ0n) is 23.4. The second-order valence-electron chi connectivity index (χ2n) is 10.4. The molecule has 6 rings (SSSR count). The lowest BCUT2D eigenvalue weighted by Crippen LogP contribution is -2.32. The van der Waals surface area contributed by atoms with Crippen molar-refractivity contribution in [3.05, 3.63) is 135 Å². The number of esters is 2. The number of aromatic nitrogens is 1. The number of hydrogen-bond donors (Lipinski definition) is 2. The lowest BCUT2D eigenvalue weighted by Gasteiger charge is -2.36. The molecule has 4 aromatic rings. The van der Waals surface area contributed by atoms with E-state index in [4.69, 9.17) is 9.47 Å². The van der Waals surface area contributed by atoms with Gasteiger partial charge in [-0.3, -0.25) is 4.79 Å². The standard InChI is InChI=1S/C33H28N2O8S/c36-18-21-6-8-22(9-7-21)28-16-25(19-44-29-3-1-2-14-35(29)40)41-33(42-28)23-10-4-20(5-11-23)17-34-30(37)24-12-13-26-27(15-24)32(39)43-31(26)38/h1-15,25,28,33,36H,16-19H2,(H,34,37). The number of nitrogens with one attached hydrogen (secondary N) is 1. The van der Waals surface area contributed by atoms with E-state index >= 15 is 0 Å². The van der Waals surface area contributed by atoms with Crippen molar-refractivity contribution in [2.45, 2.75) is 43.1 Å². The molecule has 1 saturated heterocycles. The number of rotatable bonds is 9. The summed E-state index contributed by atoms with van der Waals surface area (Å²) in [6, 6.07) is 24.7. The normalized spacial score (nSPS) is 19.3. The Hall–Kier alpha value is -4.55. The maximum Gasteiger partial charge on any atom is 0.346 e. The number of cyclic esters (lactones) is 2. The van der Waals surface area contributed by atoms with Crippen molar-refractivity contribution in [2.75, 3.05) is 5.75 Å². The number of carbonyl (C=O) groups excluding carboxylic acids is 3. The fraction of sp³-hybridized carbons (Fsp3) is 0.212. The second kappa shape index (κ2) is 13.0. The van der Waals surface area contributed by atoms with Gasteiger partial charge in [0.15, 0.2) is 12.5 Å². The minimum Gasteiger partial charge on any atom is -0.618 e. The van der Waals surface area contributed by atoms with Gasteiger partial charge in [-0.25, -0.2) is 9.59 Å². The minimum atomic E-state index is -0.762. The van der Waals surface area contributed by atoms with E-state index in [9.17, 15) is 24.7 Å². The number of aliphatic hydroxyl groups is 1. The summed E-state index contributed by atoms with van der Waals surface area (Å²) in [7, 11) is 0. The summed E-state index contributed by atoms with van der Waals surface area (Å²) in [5.41, 5.74) is 3.88. The topological polar surface area (TPSA) is 138 Å². The number of amides is 1. The smallest absolute Gasteiger partial charge is 0.346 e. The Bertz CT molecular complexity index is 1690. The van der Waals surface area contributed by atoms with Crippen LogP contribution in [0.25, 0.3) is 0 Å². The summed E-state index contributed by atoms with van der Waals surface area (Å²) < 4.78 is 18.2. The lowest BCUT2D eigenvalue weighted by atomic mass is 10.0. The van der Waals surface area contributed by atoms with Crippen LogP contribution >= 0.6 is 11.8 Å². The Kier molecular flexibility index (Phi) is 8.71. The molecule has 224 valence electrons. The first-order valence-electron chi connectivity index (χ1n) is 14.0. The predicted octanol–water partition coefficient (Wildman–Crippen LogP) is 4.39. The van der Waals surface area contributed by atoms with E-state index in [-0.39, 0.29) is 42.0 Å². The molecule has 3 aromatic carbocycles. The molecule has 11 heteroatoms.